The van der Waals surface area contributed by atoms with Crippen LogP contribution in [0.15, 0.2) is 48.5 Å². The molecule has 2 aromatic heterocycles. The fourth-order valence-corrected chi connectivity index (χ4v) is 12.1. The zero-order valence-electron chi connectivity index (χ0n) is 38.4. The van der Waals surface area contributed by atoms with E-state index in [9.17, 15) is 34.2 Å². The lowest BCUT2D eigenvalue weighted by atomic mass is 9.44. The number of amides is 3. The Morgan fingerprint density at radius 1 is 1.02 bits per heavy atom. The first-order chi connectivity index (χ1) is 30.8. The Kier molecular flexibility index (Phi) is 15.9. The SMILES string of the molecule is C[C@@H]1C[C@H]2[C@@H]3CCC4=CC(=O)C=C[C@]4(C)[C@@]3(F)[C@@H](O)C[C@]2(C)[C@@]1(O)C(=O)CSCCNC(=S)NCCCN(C)CCCNC(=O)CCNC(=O)c1cc(NC(=O)c2nccn2C)cn1C. The number of ketones is 2. The lowest BCUT2D eigenvalue weighted by Crippen LogP contribution is -2.69. The van der Waals surface area contributed by atoms with E-state index in [-0.39, 0.29) is 60.3 Å². The Bertz CT molecular complexity index is 2200. The molecule has 0 saturated heterocycles. The molecule has 3 fully saturated rings. The predicted octanol–water partition coefficient (Wildman–Crippen LogP) is 3.07. The number of Topliss-reactive ketones (excluding diaryl/α,β-unsaturated/α-hetero) is 1. The first-order valence-electron chi connectivity index (χ1n) is 22.6. The number of anilines is 1. The number of carbonyl (C=O) groups excluding carboxylic acids is 5. The highest BCUT2D eigenvalue weighted by Crippen LogP contribution is 2.70. The van der Waals surface area contributed by atoms with Gasteiger partial charge < -0.3 is 50.8 Å². The molecule has 0 aromatic carbocycles. The average Bonchev–Trinajstić information content (AvgIpc) is 3.91. The number of allylic oxidation sites excluding steroid dienone is 4. The molecule has 0 unspecified atom stereocenters. The van der Waals surface area contributed by atoms with Gasteiger partial charge in [0.25, 0.3) is 11.8 Å². The highest BCUT2D eigenvalue weighted by atomic mass is 32.2. The van der Waals surface area contributed by atoms with Gasteiger partial charge >= 0.3 is 0 Å². The number of aliphatic hydroxyl groups excluding tert-OH is 1. The van der Waals surface area contributed by atoms with E-state index in [1.807, 2.05) is 20.9 Å². The van der Waals surface area contributed by atoms with E-state index >= 15 is 4.39 Å². The van der Waals surface area contributed by atoms with Gasteiger partial charge in [0, 0.05) is 87.8 Å². The molecule has 6 rings (SSSR count). The summed E-state index contributed by atoms with van der Waals surface area (Å²) in [6.45, 7) is 8.96. The van der Waals surface area contributed by atoms with Gasteiger partial charge in [-0.15, -0.1) is 0 Å². The van der Waals surface area contributed by atoms with Crippen molar-refractivity contribution in [3.05, 3.63) is 60.0 Å². The molecule has 3 saturated carbocycles. The molecule has 8 atom stereocenters. The number of thioether (sulfide) groups is 1. The van der Waals surface area contributed by atoms with Crippen molar-refractivity contribution in [2.75, 3.05) is 63.1 Å². The number of halogens is 1. The molecular weight excluding hydrogens is 874 g/mol. The van der Waals surface area contributed by atoms with Crippen molar-refractivity contribution in [3.63, 3.8) is 0 Å². The Labute approximate surface area is 390 Å². The van der Waals surface area contributed by atoms with Crippen LogP contribution in [-0.2, 0) is 28.5 Å². The lowest BCUT2D eigenvalue weighted by Gasteiger charge is -2.62. The van der Waals surface area contributed by atoms with Crippen LogP contribution in [-0.4, -0.2) is 139 Å². The molecule has 65 heavy (non-hydrogen) atoms. The topological polar surface area (TPSA) is 212 Å². The summed E-state index contributed by atoms with van der Waals surface area (Å²) in [6.07, 6.45) is 11.1. The Balaban J connectivity index is 0.804. The second-order valence-corrected chi connectivity index (χ2v) is 20.2. The van der Waals surface area contributed by atoms with Gasteiger partial charge in [-0.1, -0.05) is 25.5 Å². The summed E-state index contributed by atoms with van der Waals surface area (Å²) in [6, 6.07) is 1.57. The van der Waals surface area contributed by atoms with Crippen molar-refractivity contribution in [3.8, 4) is 0 Å². The van der Waals surface area contributed by atoms with Gasteiger partial charge in [-0.2, -0.15) is 11.8 Å². The van der Waals surface area contributed by atoms with E-state index in [4.69, 9.17) is 12.2 Å². The minimum atomic E-state index is -2.01. The highest BCUT2D eigenvalue weighted by Gasteiger charge is 2.75. The number of nitrogens with one attached hydrogen (secondary N) is 5. The van der Waals surface area contributed by atoms with Gasteiger partial charge in [-0.3, -0.25) is 24.0 Å². The molecule has 0 spiro atoms. The number of thiocarbonyl (C=S) groups is 1. The van der Waals surface area contributed by atoms with Crippen LogP contribution in [0.3, 0.4) is 0 Å². The van der Waals surface area contributed by atoms with E-state index < -0.39 is 45.9 Å². The molecule has 2 aromatic rings. The van der Waals surface area contributed by atoms with Crippen LogP contribution in [0.25, 0.3) is 0 Å². The summed E-state index contributed by atoms with van der Waals surface area (Å²) in [4.78, 5) is 69.8. The lowest BCUT2D eigenvalue weighted by molar-refractivity contribution is -0.218. The smallest absolute Gasteiger partial charge is 0.291 e. The number of alkyl halides is 1. The maximum Gasteiger partial charge on any atom is 0.291 e. The van der Waals surface area contributed by atoms with Gasteiger partial charge in [0.15, 0.2) is 28.2 Å². The molecule has 0 bridgehead atoms. The van der Waals surface area contributed by atoms with Crippen LogP contribution >= 0.6 is 24.0 Å². The summed E-state index contributed by atoms with van der Waals surface area (Å²) in [5.74, 6) is -1.72. The molecule has 0 aliphatic heterocycles. The van der Waals surface area contributed by atoms with Crippen molar-refractivity contribution in [2.24, 2.45) is 42.7 Å². The largest absolute Gasteiger partial charge is 0.390 e. The number of aryl methyl sites for hydroxylation is 2. The van der Waals surface area contributed by atoms with E-state index in [1.165, 1.54) is 30.1 Å². The van der Waals surface area contributed by atoms with E-state index in [0.717, 1.165) is 25.9 Å². The first-order valence-corrected chi connectivity index (χ1v) is 24.2. The zero-order chi connectivity index (χ0) is 47.3. The molecule has 356 valence electrons. The molecular formula is C46H66FN9O7S2. The van der Waals surface area contributed by atoms with Crippen molar-refractivity contribution in [2.45, 2.75) is 83.1 Å². The quantitative estimate of drug-likeness (QED) is 0.0753. The molecule has 2 heterocycles. The van der Waals surface area contributed by atoms with E-state index in [2.05, 4.69) is 36.5 Å². The summed E-state index contributed by atoms with van der Waals surface area (Å²) in [7, 11) is 5.43. The Morgan fingerprint density at radius 2 is 1.72 bits per heavy atom. The number of aromatic nitrogens is 3. The number of rotatable bonds is 20. The third-order valence-electron chi connectivity index (χ3n) is 14.6. The minimum absolute atomic E-state index is 0.0375. The maximum atomic E-state index is 17.5. The fraction of sp³-hybridized carbons (Fsp3) is 0.630. The molecule has 3 amide bonds. The number of hydrogen-bond acceptors (Lipinski definition) is 11. The van der Waals surface area contributed by atoms with Crippen LogP contribution in [0.1, 0.15) is 86.8 Å². The summed E-state index contributed by atoms with van der Waals surface area (Å²) < 4.78 is 20.7. The molecule has 16 nitrogen and oxygen atoms in total. The number of hydrogen-bond donors (Lipinski definition) is 7. The second-order valence-electron chi connectivity index (χ2n) is 18.7. The average molecular weight is 940 g/mol. The van der Waals surface area contributed by atoms with Crippen LogP contribution in [0.2, 0.25) is 0 Å². The van der Waals surface area contributed by atoms with Crippen LogP contribution in [0.5, 0.6) is 0 Å². The number of carbonyl (C=O) groups is 5. The van der Waals surface area contributed by atoms with Gasteiger partial charge in [-0.05, 0) is 108 Å². The van der Waals surface area contributed by atoms with Gasteiger partial charge in [0.05, 0.1) is 17.5 Å². The highest BCUT2D eigenvalue weighted by molar-refractivity contribution is 8.00. The number of imidazole rings is 1. The summed E-state index contributed by atoms with van der Waals surface area (Å²) in [5, 5.41) is 39.1. The van der Waals surface area contributed by atoms with Gasteiger partial charge in [0.1, 0.15) is 11.3 Å². The van der Waals surface area contributed by atoms with Gasteiger partial charge in [0.2, 0.25) is 5.91 Å². The van der Waals surface area contributed by atoms with Crippen molar-refractivity contribution < 1.29 is 38.6 Å². The normalized spacial score (nSPS) is 29.0. The van der Waals surface area contributed by atoms with Crippen molar-refractivity contribution in [1.82, 2.24) is 40.3 Å². The first kappa shape index (κ1) is 50.0. The molecule has 7 N–H and O–H groups in total. The third kappa shape index (κ3) is 10.1. The summed E-state index contributed by atoms with van der Waals surface area (Å²) in [5.41, 5.74) is -4.32. The number of aliphatic hydroxyl groups is 2. The van der Waals surface area contributed by atoms with E-state index in [1.54, 1.807) is 54.7 Å². The molecule has 0 radical (unpaired) electrons. The van der Waals surface area contributed by atoms with Crippen LogP contribution in [0, 0.1) is 28.6 Å². The Morgan fingerprint density at radius 3 is 2.43 bits per heavy atom. The van der Waals surface area contributed by atoms with Crippen LogP contribution < -0.4 is 26.6 Å². The molecule has 19 heteroatoms. The standard InChI is InChI=1S/C46H66FN9O7S2/c1-29-23-34-33-10-9-30-24-32(57)11-13-43(30,2)45(33,47)36(58)26-44(34,3)46(29,63)37(59)28-65-22-18-52-42(64)51-15-8-20-54(4)19-7-14-48-38(60)12-16-50-40(61)35-25-31(27-56(35)6)53-41(62)39-49-17-21-55(39)5/h11,13,17,21,24-25,27,29,33-34,36,58,63H,7-10,12,14-16,18-20,22-23,26,28H2,1-6H3,(H,48,60)(H,50,61)(H,53,62)(H2,51,52,64)/t29-,33+,34+,36+,43+,44+,45+,46+/m1/s1. The second kappa shape index (κ2) is 20.6. The number of nitrogens with zero attached hydrogens (tertiary/aromatic N) is 4. The van der Waals surface area contributed by atoms with E-state index in [0.29, 0.717) is 66.7 Å². The summed E-state index contributed by atoms with van der Waals surface area (Å²) >= 11 is 6.86. The minimum Gasteiger partial charge on any atom is -0.390 e. The Hall–Kier alpha value is -4.43. The molecule has 4 aliphatic carbocycles. The van der Waals surface area contributed by atoms with Gasteiger partial charge in [-0.25, -0.2) is 9.37 Å². The zero-order valence-corrected chi connectivity index (χ0v) is 40.0. The van der Waals surface area contributed by atoms with Crippen LogP contribution in [0.4, 0.5) is 10.1 Å². The molecule has 4 aliphatic rings. The predicted molar refractivity (Wildman–Crippen MR) is 252 cm³/mol. The number of fused-ring (bicyclic) bond motifs is 5. The van der Waals surface area contributed by atoms with Crippen molar-refractivity contribution in [1.29, 1.82) is 0 Å². The maximum absolute atomic E-state index is 17.5. The monoisotopic (exact) mass is 939 g/mol. The third-order valence-corrected chi connectivity index (χ3v) is 15.9. The van der Waals surface area contributed by atoms with Crippen molar-refractivity contribution >= 4 is 64.1 Å². The fourth-order valence-electron chi connectivity index (χ4n) is 11.1.